The lowest BCUT2D eigenvalue weighted by molar-refractivity contribution is 0.666. The molecule has 0 aromatic carbocycles. The van der Waals surface area contributed by atoms with E-state index in [4.69, 9.17) is 5.73 Å². The average Bonchev–Trinajstić information content (AvgIpc) is 2.15. The summed E-state index contributed by atoms with van der Waals surface area (Å²) < 4.78 is 0. The maximum Gasteiger partial charge on any atom is 0.0963 e. The molecule has 3 heteroatoms. The SMILES string of the molecule is CC(C)C(N)=NCC1CCCCS1. The summed E-state index contributed by atoms with van der Waals surface area (Å²) in [6.07, 6.45) is 4.07. The number of nitrogens with two attached hydrogens (primary N) is 1. The van der Waals surface area contributed by atoms with E-state index in [2.05, 4.69) is 30.6 Å². The van der Waals surface area contributed by atoms with Gasteiger partial charge in [-0.15, -0.1) is 0 Å². The molecular formula is C10H20N2S. The Labute approximate surface area is 85.4 Å². The molecule has 0 aliphatic carbocycles. The monoisotopic (exact) mass is 200 g/mol. The van der Waals surface area contributed by atoms with Crippen molar-refractivity contribution in [2.24, 2.45) is 16.6 Å². The number of thioether (sulfide) groups is 1. The number of hydrogen-bond donors (Lipinski definition) is 1. The van der Waals surface area contributed by atoms with Gasteiger partial charge in [-0.05, 0) is 18.6 Å². The number of aliphatic imine (C=N–C) groups is 1. The van der Waals surface area contributed by atoms with Crippen LogP contribution in [0.1, 0.15) is 33.1 Å². The summed E-state index contributed by atoms with van der Waals surface area (Å²) in [5, 5.41) is 0.728. The van der Waals surface area contributed by atoms with Crippen molar-refractivity contribution in [3.05, 3.63) is 0 Å². The van der Waals surface area contributed by atoms with Crippen molar-refractivity contribution in [3.8, 4) is 0 Å². The first-order chi connectivity index (χ1) is 6.20. The highest BCUT2D eigenvalue weighted by Crippen LogP contribution is 2.25. The highest BCUT2D eigenvalue weighted by molar-refractivity contribution is 7.99. The van der Waals surface area contributed by atoms with Gasteiger partial charge in [0.15, 0.2) is 0 Å². The van der Waals surface area contributed by atoms with Crippen LogP contribution in [0.3, 0.4) is 0 Å². The summed E-state index contributed by atoms with van der Waals surface area (Å²) in [7, 11) is 0. The number of hydrogen-bond acceptors (Lipinski definition) is 2. The van der Waals surface area contributed by atoms with Crippen LogP contribution in [0.15, 0.2) is 4.99 Å². The van der Waals surface area contributed by atoms with E-state index < -0.39 is 0 Å². The quantitative estimate of drug-likeness (QED) is 0.561. The smallest absolute Gasteiger partial charge is 0.0963 e. The largest absolute Gasteiger partial charge is 0.387 e. The second-order valence-electron chi connectivity index (χ2n) is 3.91. The molecule has 0 aromatic rings. The van der Waals surface area contributed by atoms with Crippen molar-refractivity contribution < 1.29 is 0 Å². The lowest BCUT2D eigenvalue weighted by atomic mass is 10.2. The molecule has 1 aliphatic rings. The summed E-state index contributed by atoms with van der Waals surface area (Å²) in [5.41, 5.74) is 5.77. The second-order valence-corrected chi connectivity index (χ2v) is 5.32. The second kappa shape index (κ2) is 5.53. The fourth-order valence-corrected chi connectivity index (χ4v) is 2.56. The lowest BCUT2D eigenvalue weighted by Crippen LogP contribution is -2.22. The molecule has 76 valence electrons. The maximum absolute atomic E-state index is 5.77. The normalized spacial score (nSPS) is 25.2. The topological polar surface area (TPSA) is 38.4 Å². The summed E-state index contributed by atoms with van der Waals surface area (Å²) in [5.74, 6) is 2.52. The van der Waals surface area contributed by atoms with Crippen LogP contribution in [0.5, 0.6) is 0 Å². The summed E-state index contributed by atoms with van der Waals surface area (Å²) in [6, 6.07) is 0. The first-order valence-corrected chi connectivity index (χ1v) is 6.16. The van der Waals surface area contributed by atoms with Crippen molar-refractivity contribution in [1.82, 2.24) is 0 Å². The van der Waals surface area contributed by atoms with Crippen molar-refractivity contribution >= 4 is 17.6 Å². The molecule has 0 amide bonds. The van der Waals surface area contributed by atoms with Crippen LogP contribution < -0.4 is 5.73 Å². The molecule has 1 heterocycles. The molecule has 1 atom stereocenters. The Balaban J connectivity index is 2.27. The minimum atomic E-state index is 0.397. The van der Waals surface area contributed by atoms with Crippen molar-refractivity contribution in [2.45, 2.75) is 38.4 Å². The van der Waals surface area contributed by atoms with Crippen molar-refractivity contribution in [1.29, 1.82) is 0 Å². The molecule has 0 radical (unpaired) electrons. The molecule has 1 fully saturated rings. The minimum Gasteiger partial charge on any atom is -0.387 e. The third-order valence-electron chi connectivity index (χ3n) is 2.34. The van der Waals surface area contributed by atoms with Crippen LogP contribution in [-0.2, 0) is 0 Å². The number of amidine groups is 1. The Morgan fingerprint density at radius 2 is 2.31 bits per heavy atom. The Morgan fingerprint density at radius 1 is 1.54 bits per heavy atom. The highest BCUT2D eigenvalue weighted by atomic mass is 32.2. The lowest BCUT2D eigenvalue weighted by Gasteiger charge is -2.19. The Hall–Kier alpha value is -0.180. The van der Waals surface area contributed by atoms with E-state index in [-0.39, 0.29) is 0 Å². The van der Waals surface area contributed by atoms with E-state index in [1.165, 1.54) is 25.0 Å². The van der Waals surface area contributed by atoms with Crippen LogP contribution in [0.2, 0.25) is 0 Å². The van der Waals surface area contributed by atoms with Gasteiger partial charge in [0.2, 0.25) is 0 Å². The first-order valence-electron chi connectivity index (χ1n) is 5.11. The number of rotatable bonds is 3. The third kappa shape index (κ3) is 4.03. The fraction of sp³-hybridized carbons (Fsp3) is 0.900. The molecule has 0 aromatic heterocycles. The van der Waals surface area contributed by atoms with Gasteiger partial charge in [-0.2, -0.15) is 11.8 Å². The zero-order valence-electron chi connectivity index (χ0n) is 8.62. The van der Waals surface area contributed by atoms with Gasteiger partial charge in [-0.3, -0.25) is 4.99 Å². The third-order valence-corrected chi connectivity index (χ3v) is 3.72. The van der Waals surface area contributed by atoms with Crippen molar-refractivity contribution in [2.75, 3.05) is 12.3 Å². The van der Waals surface area contributed by atoms with Crippen LogP contribution >= 0.6 is 11.8 Å². The Bertz CT molecular complexity index is 172. The predicted molar refractivity (Wildman–Crippen MR) is 61.4 cm³/mol. The van der Waals surface area contributed by atoms with Crippen molar-refractivity contribution in [3.63, 3.8) is 0 Å². The molecule has 1 saturated heterocycles. The van der Waals surface area contributed by atoms with E-state index in [1.807, 2.05) is 0 Å². The summed E-state index contributed by atoms with van der Waals surface area (Å²) >= 11 is 2.05. The van der Waals surface area contributed by atoms with E-state index in [0.29, 0.717) is 5.92 Å². The average molecular weight is 200 g/mol. The van der Waals surface area contributed by atoms with Gasteiger partial charge in [-0.1, -0.05) is 20.3 Å². The molecule has 1 rings (SSSR count). The van der Waals surface area contributed by atoms with Crippen LogP contribution in [0, 0.1) is 5.92 Å². The molecule has 1 aliphatic heterocycles. The van der Waals surface area contributed by atoms with Crippen LogP contribution in [0.25, 0.3) is 0 Å². The van der Waals surface area contributed by atoms with Gasteiger partial charge in [0, 0.05) is 11.2 Å². The maximum atomic E-state index is 5.77. The minimum absolute atomic E-state index is 0.397. The number of nitrogens with zero attached hydrogens (tertiary/aromatic N) is 1. The standard InChI is InChI=1S/C10H20N2S/c1-8(2)10(11)12-7-9-5-3-4-6-13-9/h8-9H,3-7H2,1-2H3,(H2,11,12). The molecule has 0 bridgehead atoms. The fourth-order valence-electron chi connectivity index (χ4n) is 1.34. The molecule has 2 N–H and O–H groups in total. The first kappa shape index (κ1) is 10.9. The van der Waals surface area contributed by atoms with E-state index >= 15 is 0 Å². The van der Waals surface area contributed by atoms with E-state index in [1.54, 1.807) is 0 Å². The van der Waals surface area contributed by atoms with Gasteiger partial charge in [-0.25, -0.2) is 0 Å². The van der Waals surface area contributed by atoms with E-state index in [9.17, 15) is 0 Å². The summed E-state index contributed by atoms with van der Waals surface area (Å²) in [4.78, 5) is 4.42. The van der Waals surface area contributed by atoms with Gasteiger partial charge >= 0.3 is 0 Å². The zero-order chi connectivity index (χ0) is 9.68. The zero-order valence-corrected chi connectivity index (χ0v) is 9.44. The molecule has 0 saturated carbocycles. The Kier molecular flexibility index (Phi) is 4.64. The highest BCUT2D eigenvalue weighted by Gasteiger charge is 2.13. The molecule has 2 nitrogen and oxygen atoms in total. The summed E-state index contributed by atoms with van der Waals surface area (Å²) in [6.45, 7) is 5.11. The van der Waals surface area contributed by atoms with Gasteiger partial charge in [0.1, 0.15) is 0 Å². The molecule has 0 spiro atoms. The van der Waals surface area contributed by atoms with Crippen LogP contribution in [-0.4, -0.2) is 23.4 Å². The van der Waals surface area contributed by atoms with Gasteiger partial charge in [0.05, 0.1) is 12.4 Å². The van der Waals surface area contributed by atoms with Gasteiger partial charge < -0.3 is 5.73 Å². The molecular weight excluding hydrogens is 180 g/mol. The van der Waals surface area contributed by atoms with Crippen LogP contribution in [0.4, 0.5) is 0 Å². The molecule has 1 unspecified atom stereocenters. The van der Waals surface area contributed by atoms with Gasteiger partial charge in [0.25, 0.3) is 0 Å². The Morgan fingerprint density at radius 3 is 2.85 bits per heavy atom. The van der Waals surface area contributed by atoms with E-state index in [0.717, 1.165) is 17.6 Å². The molecule has 13 heavy (non-hydrogen) atoms. The predicted octanol–water partition coefficient (Wildman–Crippen LogP) is 2.29.